The Hall–Kier alpha value is -2.42. The van der Waals surface area contributed by atoms with E-state index in [0.29, 0.717) is 28.0 Å². The minimum atomic E-state index is -2.18. The molecule has 4 rings (SSSR count). The Morgan fingerprint density at radius 2 is 1.91 bits per heavy atom. The molecule has 1 saturated heterocycles. The van der Waals surface area contributed by atoms with Crippen molar-refractivity contribution in [3.05, 3.63) is 58.1 Å². The Bertz CT molecular complexity index is 991. The highest BCUT2D eigenvalue weighted by Gasteiger charge is 2.52. The summed E-state index contributed by atoms with van der Waals surface area (Å²) in [5, 5.41) is 17.5. The van der Waals surface area contributed by atoms with Crippen LogP contribution in [0.1, 0.15) is 37.3 Å². The molecular formula is C24H29BrN4O3. The van der Waals surface area contributed by atoms with Crippen molar-refractivity contribution in [2.45, 2.75) is 38.3 Å². The zero-order valence-corrected chi connectivity index (χ0v) is 19.8. The molecule has 2 aliphatic heterocycles. The molecule has 7 nitrogen and oxygen atoms in total. The lowest BCUT2D eigenvalue weighted by atomic mass is 9.94. The Morgan fingerprint density at radius 3 is 2.59 bits per heavy atom. The zero-order valence-electron chi connectivity index (χ0n) is 18.2. The van der Waals surface area contributed by atoms with Gasteiger partial charge in [-0.1, -0.05) is 35.0 Å². The normalized spacial score (nSPS) is 20.7. The molecule has 3 N–H and O–H groups in total. The van der Waals surface area contributed by atoms with Crippen LogP contribution >= 0.6 is 15.9 Å². The maximum atomic E-state index is 13.4. The van der Waals surface area contributed by atoms with E-state index in [0.717, 1.165) is 42.9 Å². The summed E-state index contributed by atoms with van der Waals surface area (Å²) < 4.78 is 0.703. The third-order valence-electron chi connectivity index (χ3n) is 6.18. The van der Waals surface area contributed by atoms with Crippen LogP contribution in [0.5, 0.6) is 0 Å². The number of hydrogen-bond acceptors (Lipinski definition) is 4. The van der Waals surface area contributed by atoms with Gasteiger partial charge in [0.25, 0.3) is 11.6 Å². The molecule has 2 aromatic carbocycles. The van der Waals surface area contributed by atoms with Crippen molar-refractivity contribution in [2.24, 2.45) is 0 Å². The number of benzene rings is 2. The standard InChI is InChI=1S/C24H29BrN4O3/c1-2-17-6-9-19(10-7-17)29-23(31)27-21-11-8-18(25)16-20(21)24(29,32)22(30)26-12-5-15-28-13-3-4-14-28/h6-11,16,32H,2-5,12-15H2,1H3,(H,26,30)(H,27,31)/t24-/m0/s1. The van der Waals surface area contributed by atoms with Crippen molar-refractivity contribution in [1.29, 1.82) is 0 Å². The summed E-state index contributed by atoms with van der Waals surface area (Å²) in [6.45, 7) is 5.57. The summed E-state index contributed by atoms with van der Waals surface area (Å²) >= 11 is 3.42. The number of nitrogens with one attached hydrogen (secondary N) is 2. The first kappa shape index (κ1) is 22.8. The van der Waals surface area contributed by atoms with Gasteiger partial charge in [-0.3, -0.25) is 9.69 Å². The summed E-state index contributed by atoms with van der Waals surface area (Å²) in [6, 6.07) is 11.9. The van der Waals surface area contributed by atoms with Gasteiger partial charge in [-0.15, -0.1) is 0 Å². The van der Waals surface area contributed by atoms with Crippen molar-refractivity contribution in [2.75, 3.05) is 36.4 Å². The van der Waals surface area contributed by atoms with Gasteiger partial charge in [0.2, 0.25) is 0 Å². The van der Waals surface area contributed by atoms with E-state index in [1.54, 1.807) is 30.3 Å². The number of halogens is 1. The minimum absolute atomic E-state index is 0.322. The van der Waals surface area contributed by atoms with E-state index in [1.165, 1.54) is 12.8 Å². The van der Waals surface area contributed by atoms with Crippen molar-refractivity contribution >= 4 is 39.2 Å². The van der Waals surface area contributed by atoms with Gasteiger partial charge in [-0.25, -0.2) is 4.79 Å². The van der Waals surface area contributed by atoms with E-state index in [-0.39, 0.29) is 0 Å². The number of carbonyl (C=O) groups is 2. The molecule has 8 heteroatoms. The lowest BCUT2D eigenvalue weighted by Crippen LogP contribution is -2.62. The average molecular weight is 501 g/mol. The number of amides is 3. The van der Waals surface area contributed by atoms with Crippen molar-refractivity contribution < 1.29 is 14.7 Å². The van der Waals surface area contributed by atoms with Crippen LogP contribution in [-0.4, -0.2) is 48.1 Å². The number of carbonyl (C=O) groups excluding carboxylic acids is 2. The topological polar surface area (TPSA) is 84.9 Å². The molecule has 1 atom stereocenters. The fraction of sp³-hybridized carbons (Fsp3) is 0.417. The number of aryl methyl sites for hydroxylation is 1. The highest BCUT2D eigenvalue weighted by atomic mass is 79.9. The van der Waals surface area contributed by atoms with Crippen LogP contribution < -0.4 is 15.5 Å². The van der Waals surface area contributed by atoms with E-state index < -0.39 is 17.7 Å². The van der Waals surface area contributed by atoms with Gasteiger partial charge in [-0.05, 0) is 81.2 Å². The summed E-state index contributed by atoms with van der Waals surface area (Å²) in [5.74, 6) is -0.618. The zero-order chi connectivity index (χ0) is 22.7. The van der Waals surface area contributed by atoms with Crippen LogP contribution in [0.3, 0.4) is 0 Å². The van der Waals surface area contributed by atoms with Gasteiger partial charge < -0.3 is 20.6 Å². The van der Waals surface area contributed by atoms with Crippen LogP contribution in [-0.2, 0) is 16.9 Å². The van der Waals surface area contributed by atoms with E-state index in [1.807, 2.05) is 19.1 Å². The van der Waals surface area contributed by atoms with E-state index >= 15 is 0 Å². The molecule has 3 amide bonds. The molecular weight excluding hydrogens is 472 g/mol. The molecule has 0 bridgehead atoms. The van der Waals surface area contributed by atoms with Crippen LogP contribution in [0.25, 0.3) is 0 Å². The molecule has 2 aromatic rings. The molecule has 0 aromatic heterocycles. The average Bonchev–Trinajstić information content (AvgIpc) is 3.31. The molecule has 2 aliphatic rings. The lowest BCUT2D eigenvalue weighted by Gasteiger charge is -2.42. The number of anilines is 2. The fourth-order valence-corrected chi connectivity index (χ4v) is 4.76. The summed E-state index contributed by atoms with van der Waals surface area (Å²) in [5.41, 5.74) is 0.102. The Kier molecular flexibility index (Phi) is 6.83. The van der Waals surface area contributed by atoms with Gasteiger partial charge >= 0.3 is 6.03 Å². The fourth-order valence-electron chi connectivity index (χ4n) is 4.40. The first-order valence-electron chi connectivity index (χ1n) is 11.2. The van der Waals surface area contributed by atoms with Crippen molar-refractivity contribution in [3.8, 4) is 0 Å². The van der Waals surface area contributed by atoms with Gasteiger partial charge in [0.05, 0.1) is 5.69 Å². The number of urea groups is 1. The van der Waals surface area contributed by atoms with Gasteiger partial charge in [0, 0.05) is 22.3 Å². The third kappa shape index (κ3) is 4.40. The highest BCUT2D eigenvalue weighted by Crippen LogP contribution is 2.41. The summed E-state index contributed by atoms with van der Waals surface area (Å²) in [6.07, 6.45) is 4.08. The van der Waals surface area contributed by atoms with E-state index in [9.17, 15) is 14.7 Å². The Balaban J connectivity index is 1.63. The SMILES string of the molecule is CCc1ccc(N2C(=O)Nc3ccc(Br)cc3[C@]2(O)C(=O)NCCCN2CCCC2)cc1. The second kappa shape index (κ2) is 9.60. The highest BCUT2D eigenvalue weighted by molar-refractivity contribution is 9.10. The molecule has 0 aliphatic carbocycles. The molecule has 0 saturated carbocycles. The third-order valence-corrected chi connectivity index (χ3v) is 6.67. The number of aliphatic hydroxyl groups is 1. The molecule has 0 radical (unpaired) electrons. The van der Waals surface area contributed by atoms with Crippen LogP contribution in [0, 0.1) is 0 Å². The molecule has 0 unspecified atom stereocenters. The largest absolute Gasteiger partial charge is 0.359 e. The number of rotatable bonds is 7. The smallest absolute Gasteiger partial charge is 0.329 e. The Morgan fingerprint density at radius 1 is 1.19 bits per heavy atom. The number of fused-ring (bicyclic) bond motifs is 1. The second-order valence-electron chi connectivity index (χ2n) is 8.31. The maximum absolute atomic E-state index is 13.4. The molecule has 2 heterocycles. The quantitative estimate of drug-likeness (QED) is 0.504. The monoisotopic (exact) mass is 500 g/mol. The van der Waals surface area contributed by atoms with Crippen molar-refractivity contribution in [1.82, 2.24) is 10.2 Å². The summed E-state index contributed by atoms with van der Waals surface area (Å²) in [4.78, 5) is 30.0. The first-order chi connectivity index (χ1) is 15.4. The van der Waals surface area contributed by atoms with Gasteiger partial charge in [-0.2, -0.15) is 0 Å². The lowest BCUT2D eigenvalue weighted by molar-refractivity contribution is -0.140. The maximum Gasteiger partial charge on any atom is 0.329 e. The van der Waals surface area contributed by atoms with Crippen molar-refractivity contribution in [3.63, 3.8) is 0 Å². The Labute approximate surface area is 196 Å². The molecule has 0 spiro atoms. The summed E-state index contributed by atoms with van der Waals surface area (Å²) in [7, 11) is 0. The van der Waals surface area contributed by atoms with Gasteiger partial charge in [0.1, 0.15) is 0 Å². The predicted octanol–water partition coefficient (Wildman–Crippen LogP) is 3.81. The van der Waals surface area contributed by atoms with Crippen LogP contribution in [0.15, 0.2) is 46.9 Å². The second-order valence-corrected chi connectivity index (χ2v) is 9.22. The van der Waals surface area contributed by atoms with Gasteiger partial charge in [0.15, 0.2) is 0 Å². The minimum Gasteiger partial charge on any atom is -0.359 e. The predicted molar refractivity (Wildman–Crippen MR) is 129 cm³/mol. The van der Waals surface area contributed by atoms with Crippen LogP contribution in [0.2, 0.25) is 0 Å². The molecule has 1 fully saturated rings. The molecule has 32 heavy (non-hydrogen) atoms. The number of nitrogens with zero attached hydrogens (tertiary/aromatic N) is 2. The van der Waals surface area contributed by atoms with E-state index in [2.05, 4.69) is 31.5 Å². The van der Waals surface area contributed by atoms with E-state index in [4.69, 9.17) is 0 Å². The molecule has 170 valence electrons. The number of likely N-dealkylation sites (tertiary alicyclic amines) is 1. The first-order valence-corrected chi connectivity index (χ1v) is 12.0. The van der Waals surface area contributed by atoms with Crippen LogP contribution in [0.4, 0.5) is 16.2 Å². The number of hydrogen-bond donors (Lipinski definition) is 3.